The van der Waals surface area contributed by atoms with E-state index in [0.717, 1.165) is 5.56 Å². The molecule has 0 saturated heterocycles. The number of nitrogens with zero attached hydrogens (tertiary/aromatic N) is 1. The summed E-state index contributed by atoms with van der Waals surface area (Å²) in [7, 11) is 1.52. The molecule has 0 heterocycles. The van der Waals surface area contributed by atoms with Crippen molar-refractivity contribution in [1.82, 2.24) is 10.2 Å². The van der Waals surface area contributed by atoms with Crippen LogP contribution in [0.5, 0.6) is 0 Å². The van der Waals surface area contributed by atoms with Gasteiger partial charge in [-0.3, -0.25) is 9.59 Å². The summed E-state index contributed by atoms with van der Waals surface area (Å²) in [5.41, 5.74) is 1.39. The zero-order chi connectivity index (χ0) is 20.1. The molecule has 0 spiro atoms. The second kappa shape index (κ2) is 9.65. The van der Waals surface area contributed by atoms with Crippen LogP contribution < -0.4 is 5.32 Å². The quantitative estimate of drug-likeness (QED) is 0.676. The minimum Gasteiger partial charge on any atom is -0.357 e. The van der Waals surface area contributed by atoms with Gasteiger partial charge in [0.05, 0.1) is 16.5 Å². The molecule has 0 fully saturated rings. The lowest BCUT2D eigenvalue weighted by Gasteiger charge is -2.28. The Balaban J connectivity index is 2.28. The van der Waals surface area contributed by atoms with E-state index < -0.39 is 6.04 Å². The van der Waals surface area contributed by atoms with E-state index in [1.165, 1.54) is 11.9 Å². The van der Waals surface area contributed by atoms with Gasteiger partial charge in [-0.05, 0) is 42.3 Å². The number of likely N-dealkylation sites (N-methyl/N-ethyl adjacent to an activating group) is 1. The van der Waals surface area contributed by atoms with E-state index in [1.54, 1.807) is 43.3 Å². The van der Waals surface area contributed by atoms with Crippen LogP contribution >= 0.6 is 46.4 Å². The van der Waals surface area contributed by atoms with E-state index in [1.807, 2.05) is 0 Å². The minimum atomic E-state index is -0.678. The van der Waals surface area contributed by atoms with E-state index in [9.17, 15) is 9.59 Å². The lowest BCUT2D eigenvalue weighted by molar-refractivity contribution is -0.139. The number of hydrogen-bond donors (Lipinski definition) is 1. The fraction of sp³-hybridized carbons (Fsp3) is 0.263. The molecule has 1 N–H and O–H groups in total. The molecule has 144 valence electrons. The number of benzene rings is 2. The van der Waals surface area contributed by atoms with Gasteiger partial charge in [0.2, 0.25) is 11.8 Å². The third kappa shape index (κ3) is 5.76. The van der Waals surface area contributed by atoms with Crippen LogP contribution in [0.25, 0.3) is 0 Å². The molecule has 4 nitrogen and oxygen atoms in total. The molecule has 2 amide bonds. The molecule has 0 aliphatic rings. The van der Waals surface area contributed by atoms with Gasteiger partial charge in [-0.15, -0.1) is 0 Å². The number of amides is 2. The first-order valence-corrected chi connectivity index (χ1v) is 9.63. The number of hydrogen-bond acceptors (Lipinski definition) is 2. The van der Waals surface area contributed by atoms with Crippen molar-refractivity contribution >= 4 is 58.2 Å². The molecular weight excluding hydrogens is 430 g/mol. The Morgan fingerprint density at radius 2 is 1.70 bits per heavy atom. The lowest BCUT2D eigenvalue weighted by atomic mass is 10.1. The molecule has 0 aromatic heterocycles. The van der Waals surface area contributed by atoms with Crippen molar-refractivity contribution < 1.29 is 9.59 Å². The average molecular weight is 448 g/mol. The second-order valence-electron chi connectivity index (χ2n) is 5.97. The van der Waals surface area contributed by atoms with Crippen molar-refractivity contribution in [3.63, 3.8) is 0 Å². The van der Waals surface area contributed by atoms with Gasteiger partial charge in [0.25, 0.3) is 0 Å². The molecule has 1 atom stereocenters. The highest BCUT2D eigenvalue weighted by molar-refractivity contribution is 6.42. The Bertz CT molecular complexity index is 858. The van der Waals surface area contributed by atoms with Crippen molar-refractivity contribution in [1.29, 1.82) is 0 Å². The van der Waals surface area contributed by atoms with Crippen LogP contribution in [0.2, 0.25) is 20.1 Å². The van der Waals surface area contributed by atoms with Crippen LogP contribution in [-0.2, 0) is 22.6 Å². The first-order valence-electron chi connectivity index (χ1n) is 8.11. The van der Waals surface area contributed by atoms with Crippen LogP contribution in [0.4, 0.5) is 0 Å². The van der Waals surface area contributed by atoms with Crippen molar-refractivity contribution in [3.05, 3.63) is 67.6 Å². The zero-order valence-electron chi connectivity index (χ0n) is 14.7. The molecule has 2 aromatic rings. The summed E-state index contributed by atoms with van der Waals surface area (Å²) < 4.78 is 0. The number of nitrogens with one attached hydrogen (secondary N) is 1. The molecule has 8 heteroatoms. The van der Waals surface area contributed by atoms with E-state index in [4.69, 9.17) is 46.4 Å². The van der Waals surface area contributed by atoms with Gasteiger partial charge in [0.1, 0.15) is 6.04 Å². The molecule has 0 aliphatic heterocycles. The van der Waals surface area contributed by atoms with Gasteiger partial charge in [0.15, 0.2) is 0 Å². The van der Waals surface area contributed by atoms with Gasteiger partial charge in [-0.25, -0.2) is 0 Å². The maximum atomic E-state index is 13.0. The van der Waals surface area contributed by atoms with Crippen LogP contribution in [0.1, 0.15) is 18.1 Å². The number of halogens is 4. The fourth-order valence-electron chi connectivity index (χ4n) is 2.56. The summed E-state index contributed by atoms with van der Waals surface area (Å²) in [6.07, 6.45) is 0.0403. The summed E-state index contributed by atoms with van der Waals surface area (Å²) in [6, 6.07) is 9.37. The Morgan fingerprint density at radius 3 is 2.30 bits per heavy atom. The van der Waals surface area contributed by atoms with E-state index >= 15 is 0 Å². The smallest absolute Gasteiger partial charge is 0.242 e. The molecule has 0 aliphatic carbocycles. The SMILES string of the molecule is CNC(=O)C(C)N(Cc1ccc(Cl)c(Cl)c1)C(=O)Cc1ccc(Cl)cc1Cl. The highest BCUT2D eigenvalue weighted by Gasteiger charge is 2.26. The van der Waals surface area contributed by atoms with Crippen molar-refractivity contribution in [2.24, 2.45) is 0 Å². The Kier molecular flexibility index (Phi) is 7.80. The Morgan fingerprint density at radius 1 is 1.00 bits per heavy atom. The summed E-state index contributed by atoms with van der Waals surface area (Å²) >= 11 is 24.1. The number of rotatable bonds is 6. The summed E-state index contributed by atoms with van der Waals surface area (Å²) in [5, 5.41) is 4.26. The summed E-state index contributed by atoms with van der Waals surface area (Å²) in [4.78, 5) is 26.6. The topological polar surface area (TPSA) is 49.4 Å². The van der Waals surface area contributed by atoms with Crippen molar-refractivity contribution in [3.8, 4) is 0 Å². The first kappa shape index (κ1) is 21.8. The maximum Gasteiger partial charge on any atom is 0.242 e. The molecule has 0 saturated carbocycles. The van der Waals surface area contributed by atoms with E-state index in [-0.39, 0.29) is 24.8 Å². The summed E-state index contributed by atoms with van der Waals surface area (Å²) in [5.74, 6) is -0.521. The first-order chi connectivity index (χ1) is 12.7. The monoisotopic (exact) mass is 446 g/mol. The van der Waals surface area contributed by atoms with Gasteiger partial charge in [-0.1, -0.05) is 58.5 Å². The van der Waals surface area contributed by atoms with Crippen molar-refractivity contribution in [2.75, 3.05) is 7.05 Å². The summed E-state index contributed by atoms with van der Waals surface area (Å²) in [6.45, 7) is 1.87. The van der Waals surface area contributed by atoms with Gasteiger partial charge >= 0.3 is 0 Å². The molecule has 27 heavy (non-hydrogen) atoms. The average Bonchev–Trinajstić information content (AvgIpc) is 2.63. The maximum absolute atomic E-state index is 13.0. The molecule has 2 aromatic carbocycles. The van der Waals surface area contributed by atoms with Crippen LogP contribution in [0, 0.1) is 0 Å². The van der Waals surface area contributed by atoms with E-state index in [2.05, 4.69) is 5.32 Å². The van der Waals surface area contributed by atoms with Gasteiger partial charge in [-0.2, -0.15) is 0 Å². The highest BCUT2D eigenvalue weighted by Crippen LogP contribution is 2.25. The predicted molar refractivity (Wildman–Crippen MR) is 111 cm³/mol. The third-order valence-corrected chi connectivity index (χ3v) is 5.43. The molecule has 0 bridgehead atoms. The van der Waals surface area contributed by atoms with Crippen LogP contribution in [0.3, 0.4) is 0 Å². The second-order valence-corrected chi connectivity index (χ2v) is 7.63. The molecule has 2 rings (SSSR count). The standard InChI is InChI=1S/C19H18Cl4N2O2/c1-11(19(27)24-2)25(10-12-3-6-15(21)17(23)7-12)18(26)8-13-4-5-14(20)9-16(13)22/h3-7,9,11H,8,10H2,1-2H3,(H,24,27). The van der Waals surface area contributed by atoms with Crippen molar-refractivity contribution in [2.45, 2.75) is 25.9 Å². The third-order valence-electron chi connectivity index (χ3n) is 4.11. The van der Waals surface area contributed by atoms with Crippen LogP contribution in [0.15, 0.2) is 36.4 Å². The number of carbonyl (C=O) groups is 2. The zero-order valence-corrected chi connectivity index (χ0v) is 17.8. The molecule has 0 radical (unpaired) electrons. The number of carbonyl (C=O) groups excluding carboxylic acids is 2. The fourth-order valence-corrected chi connectivity index (χ4v) is 3.35. The van der Waals surface area contributed by atoms with Gasteiger partial charge < -0.3 is 10.2 Å². The minimum absolute atomic E-state index is 0.0403. The Hall–Kier alpha value is -1.46. The van der Waals surface area contributed by atoms with E-state index in [0.29, 0.717) is 25.7 Å². The molecular formula is C19H18Cl4N2O2. The lowest BCUT2D eigenvalue weighted by Crippen LogP contribution is -2.47. The Labute approximate surface area is 178 Å². The normalized spacial score (nSPS) is 11.8. The largest absolute Gasteiger partial charge is 0.357 e. The highest BCUT2D eigenvalue weighted by atomic mass is 35.5. The van der Waals surface area contributed by atoms with Gasteiger partial charge in [0, 0.05) is 23.6 Å². The van der Waals surface area contributed by atoms with Crippen LogP contribution in [-0.4, -0.2) is 29.8 Å². The predicted octanol–water partition coefficient (Wildman–Crippen LogP) is 5.01. The molecule has 1 unspecified atom stereocenters.